The van der Waals surface area contributed by atoms with E-state index >= 15 is 0 Å². The van der Waals surface area contributed by atoms with Crippen molar-refractivity contribution < 1.29 is 109 Å². The number of unbranched alkanes of at least 4 members (excludes halogenated alkanes) is 1. The van der Waals surface area contributed by atoms with E-state index in [1.807, 2.05) is 56.7 Å². The molecule has 1 aliphatic rings. The molecule has 29 heteroatoms. The number of hydrogen-bond donors (Lipinski definition) is 4. The van der Waals surface area contributed by atoms with Crippen molar-refractivity contribution in [3.8, 4) is 53.0 Å². The van der Waals surface area contributed by atoms with E-state index in [0.717, 1.165) is 42.7 Å². The van der Waals surface area contributed by atoms with E-state index in [1.165, 1.54) is 24.3 Å². The standard InChI is InChI=1S/C23H24N2O5S.C18H14N2O2.C16H10N2O2.C9H9NO.C4H10O.C3H6O3S.C2H6S.C2H6.CH4.BF3.Na/c1-3-4-14-29-20-10-6-18(7-11-20)22(17-24)23(25-2)19-8-12-21(13-9-19)30-15-5-16-31(26,27)28;1-20-18(15-7-9-16(22-2)10-8-15)17(11-19)14-5-3-13(12-21)4-6-14;1-18-16(12-4-8-14(20)9-5-12)15(10-17)11-2-6-13(19)7-3-11;10-6-5-8-1-3-9(7-11)4-2-8;1-3-5-4-2;4-7(5)3-1-2-6-7;1-3-2;1-2;;2-1(3)4;/h6-13H,3-5,14-16H2,1H3,(H,26,27,28);3-10,21H,12H2,2H3;2-9,19-20H;1-4,11H,5,7H2;3-4H2,1-2H3;1-3H2;1-2H3;1-2H3;1H4;;/q;;;;;;;;;;+1/p-1/b23-22-;18-17-;16-15-;;;;;;;;/i;;;;;;;1D;;;. The summed E-state index contributed by atoms with van der Waals surface area (Å²) in [6.07, 6.45) is 7.27. The van der Waals surface area contributed by atoms with Crippen LogP contribution in [0.4, 0.5) is 12.9 Å². The van der Waals surface area contributed by atoms with Crippen molar-refractivity contribution in [2.45, 2.75) is 87.3 Å². The van der Waals surface area contributed by atoms with Crippen molar-refractivity contribution >= 4 is 73.4 Å². The number of aromatic hydroxyl groups is 2. The van der Waals surface area contributed by atoms with Gasteiger partial charge in [-0.2, -0.15) is 41.2 Å². The monoisotopic (exact) mass is 1530 g/mol. The molecule has 562 valence electrons. The third-order valence-corrected chi connectivity index (χ3v) is 15.1. The number of hydrogen-bond acceptors (Lipinski definition) is 19. The van der Waals surface area contributed by atoms with Crippen molar-refractivity contribution in [3.63, 3.8) is 0 Å². The molecule has 4 N–H and O–H groups in total. The van der Waals surface area contributed by atoms with Crippen LogP contribution in [0, 0.1) is 65.0 Å². The fourth-order valence-corrected chi connectivity index (χ4v) is 9.49. The molecule has 0 amide bonds. The van der Waals surface area contributed by atoms with Crippen LogP contribution in [0.3, 0.4) is 0 Å². The molecule has 0 radical (unpaired) electrons. The Hall–Kier alpha value is -9.91. The Bertz CT molecular complexity index is 4200. The van der Waals surface area contributed by atoms with Crippen LogP contribution in [0.1, 0.15) is 119 Å². The summed E-state index contributed by atoms with van der Waals surface area (Å²) in [5, 5.41) is 73.1. The van der Waals surface area contributed by atoms with Crippen LogP contribution in [-0.4, -0.2) is 114 Å². The number of thioether (sulfide) groups is 1. The van der Waals surface area contributed by atoms with Crippen molar-refractivity contribution in [3.05, 3.63) is 254 Å². The Kier molecular flexibility index (Phi) is 55.8. The van der Waals surface area contributed by atoms with E-state index in [9.17, 15) is 60.3 Å². The van der Waals surface area contributed by atoms with E-state index in [0.29, 0.717) is 94.9 Å². The second-order valence-corrected chi connectivity index (χ2v) is 24.5. The minimum absolute atomic E-state index is 0. The molecule has 0 aromatic heterocycles. The number of phenolic OH excluding ortho intramolecular Hbond substituents is 2. The van der Waals surface area contributed by atoms with Gasteiger partial charge in [-0.1, -0.05) is 144 Å². The number of phenols is 2. The maximum Gasteiger partial charge on any atom is 1.00 e. The second kappa shape index (κ2) is 60.3. The number of allylic oxidation sites excluding steroid dienone is 3. The summed E-state index contributed by atoms with van der Waals surface area (Å²) in [5.74, 6) is 1.80. The normalized spacial score (nSPS) is 11.5. The first-order valence-electron chi connectivity index (χ1n) is 32.5. The van der Waals surface area contributed by atoms with Crippen LogP contribution in [-0.2, 0) is 48.8 Å². The van der Waals surface area contributed by atoms with Gasteiger partial charge in [-0.25, -0.2) is 23.0 Å². The van der Waals surface area contributed by atoms with Crippen LogP contribution < -0.4 is 43.8 Å². The number of aliphatic hydroxyl groups excluding tert-OH is 2. The first-order valence-corrected chi connectivity index (χ1v) is 36.6. The number of ether oxygens (including phenoxy) is 4. The maximum absolute atomic E-state index is 10.6. The smallest absolute Gasteiger partial charge is 0.748 e. The molecular weight excluding hydrogens is 1450 g/mol. The van der Waals surface area contributed by atoms with Crippen LogP contribution in [0.5, 0.6) is 28.7 Å². The third-order valence-electron chi connectivity index (χ3n) is 13.0. The molecule has 21 nitrogen and oxygen atoms in total. The summed E-state index contributed by atoms with van der Waals surface area (Å²) >= 11 is 1.75. The molecule has 107 heavy (non-hydrogen) atoms. The molecule has 0 atom stereocenters. The van der Waals surface area contributed by atoms with Gasteiger partial charge in [-0.15, -0.1) is 0 Å². The molecule has 0 unspecified atom stereocenters. The van der Waals surface area contributed by atoms with Gasteiger partial charge in [-0.05, 0) is 156 Å². The molecule has 1 heterocycles. The summed E-state index contributed by atoms with van der Waals surface area (Å²) in [4.78, 5) is 10.5. The third kappa shape index (κ3) is 42.7. The van der Waals surface area contributed by atoms with Crippen molar-refractivity contribution in [2.24, 2.45) is 0 Å². The van der Waals surface area contributed by atoms with Crippen LogP contribution in [0.25, 0.3) is 48.3 Å². The van der Waals surface area contributed by atoms with E-state index < -0.39 is 33.5 Å². The summed E-state index contributed by atoms with van der Waals surface area (Å²) in [7, 11) is -9.39. The van der Waals surface area contributed by atoms with Gasteiger partial charge in [0, 0.05) is 20.3 Å². The molecule has 0 bridgehead atoms. The number of halogens is 3. The molecule has 7 aromatic carbocycles. The molecule has 8 rings (SSSR count). The fourth-order valence-electron chi connectivity index (χ4n) is 8.06. The molecule has 0 aliphatic carbocycles. The Morgan fingerprint density at radius 2 is 0.916 bits per heavy atom. The molecule has 1 aliphatic heterocycles. The quantitative estimate of drug-likeness (QED) is 0.00987. The number of aliphatic hydroxyl groups is 2. The summed E-state index contributed by atoms with van der Waals surface area (Å²) in [5.41, 5.74) is 7.75. The first-order chi connectivity index (χ1) is 50.8. The number of benzene rings is 7. The second-order valence-electron chi connectivity index (χ2n) is 20.4. The van der Waals surface area contributed by atoms with Crippen molar-refractivity contribution in [1.82, 2.24) is 0 Å². The Morgan fingerprint density at radius 3 is 1.18 bits per heavy atom. The van der Waals surface area contributed by atoms with Crippen LogP contribution in [0.15, 0.2) is 170 Å². The van der Waals surface area contributed by atoms with Crippen molar-refractivity contribution in [1.29, 1.82) is 21.0 Å². The fraction of sp³-hybridized carbons (Fsp3) is 0.295. The van der Waals surface area contributed by atoms with Crippen LogP contribution >= 0.6 is 11.8 Å². The Morgan fingerprint density at radius 1 is 0.607 bits per heavy atom. The predicted octanol–water partition coefficient (Wildman–Crippen LogP) is 13.9. The zero-order valence-corrected chi connectivity index (χ0v) is 64.7. The maximum atomic E-state index is 10.6. The molecular formula is C78H88BF3N7NaO14S3. The Balaban J connectivity index is -0.00000127. The zero-order valence-electron chi connectivity index (χ0n) is 61.2. The van der Waals surface area contributed by atoms with E-state index in [4.69, 9.17) is 55.5 Å². The topological polar surface area (TPSA) is 327 Å². The van der Waals surface area contributed by atoms with Gasteiger partial charge in [-0.3, -0.25) is 17.1 Å². The molecule has 0 saturated carbocycles. The average Bonchev–Trinajstić information content (AvgIpc) is 1.09. The summed E-state index contributed by atoms with van der Waals surface area (Å²) in [6, 6.07) is 55.5. The van der Waals surface area contributed by atoms with Crippen LogP contribution in [0.2, 0.25) is 0 Å². The SMILES string of the molecule is C.CCOCC.CSC.FB(F)F.N#CCc1ccc(CO)cc1.O=S1(=O)CCCO1.[2H]CC.[C-]#[N+]/C(=C(/C#N)c1ccc(CO)cc1)c1ccc(OC)cc1.[C-]#[N+]/C(=C(/C#N)c1ccc(O)cc1)c1ccc(O)cc1.[C-]#[N+]/C(=C(/C#N)c1ccc(OCCCC)cc1)c1ccc(OCCCS(=O)(=O)[O-])cc1.[Na+]. The van der Waals surface area contributed by atoms with E-state index in [-0.39, 0.29) is 103 Å². The van der Waals surface area contributed by atoms with Gasteiger partial charge in [0.1, 0.15) is 28.7 Å². The van der Waals surface area contributed by atoms with Gasteiger partial charge in [0.15, 0.2) is 0 Å². The number of nitrogens with zero attached hydrogens (tertiary/aromatic N) is 7. The van der Waals surface area contributed by atoms with E-state index in [1.54, 1.807) is 147 Å². The van der Waals surface area contributed by atoms with Gasteiger partial charge >= 0.3 is 37.1 Å². The summed E-state index contributed by atoms with van der Waals surface area (Å²) in [6.45, 7) is 33.4. The summed E-state index contributed by atoms with van der Waals surface area (Å²) < 4.78 is 113. The van der Waals surface area contributed by atoms with Gasteiger partial charge in [0.05, 0.1) is 123 Å². The number of rotatable bonds is 21. The average molecular weight is 1540 g/mol. The zero-order chi connectivity index (χ0) is 79.7. The molecule has 0 spiro atoms. The van der Waals surface area contributed by atoms with E-state index in [2.05, 4.69) is 43.8 Å². The number of methoxy groups -OCH3 is 1. The first kappa shape index (κ1) is 99.1. The van der Waals surface area contributed by atoms with Crippen molar-refractivity contribution in [2.75, 3.05) is 64.2 Å². The number of nitriles is 4. The minimum Gasteiger partial charge on any atom is -0.748 e. The van der Waals surface area contributed by atoms with Gasteiger partial charge in [0.2, 0.25) is 17.1 Å². The van der Waals surface area contributed by atoms with Gasteiger partial charge in [0.25, 0.3) is 10.1 Å². The Labute approximate surface area is 657 Å². The largest absolute Gasteiger partial charge is 1.00 e. The molecule has 1 fully saturated rings. The van der Waals surface area contributed by atoms with Gasteiger partial charge < -0.3 is 43.9 Å². The predicted molar refractivity (Wildman–Crippen MR) is 411 cm³/mol. The molecule has 1 saturated heterocycles. The molecule has 7 aromatic rings. The minimum atomic E-state index is -4.26.